The summed E-state index contributed by atoms with van der Waals surface area (Å²) in [6.45, 7) is 0.994. The highest BCUT2D eigenvalue weighted by Gasteiger charge is 2.33. The molecule has 0 spiro atoms. The summed E-state index contributed by atoms with van der Waals surface area (Å²) in [6, 6.07) is 5.41. The maximum Gasteiger partial charge on any atom is 0.231 e. The lowest BCUT2D eigenvalue weighted by Crippen LogP contribution is -2.39. The highest BCUT2D eigenvalue weighted by atomic mass is 79.9. The third kappa shape index (κ3) is 3.03. The van der Waals surface area contributed by atoms with Crippen LogP contribution in [0.15, 0.2) is 22.7 Å². The van der Waals surface area contributed by atoms with Crippen LogP contribution < -0.4 is 10.6 Å². The lowest BCUT2D eigenvalue weighted by molar-refractivity contribution is -0.120. The molecule has 2 unspecified atom stereocenters. The van der Waals surface area contributed by atoms with Gasteiger partial charge in [-0.2, -0.15) is 0 Å². The van der Waals surface area contributed by atoms with Crippen LogP contribution in [0.4, 0.5) is 5.69 Å². The lowest BCUT2D eigenvalue weighted by Gasteiger charge is -2.17. The van der Waals surface area contributed by atoms with Gasteiger partial charge in [0.05, 0.1) is 29.8 Å². The van der Waals surface area contributed by atoms with Gasteiger partial charge in [0.15, 0.2) is 0 Å². The van der Waals surface area contributed by atoms with Gasteiger partial charge < -0.3 is 15.4 Å². The predicted octanol–water partition coefficient (Wildman–Crippen LogP) is 2.28. The van der Waals surface area contributed by atoms with E-state index < -0.39 is 0 Å². The topological polar surface area (TPSA) is 50.4 Å². The highest BCUT2D eigenvalue weighted by molar-refractivity contribution is 9.10. The number of ether oxygens (including phenoxy) is 1. The van der Waals surface area contributed by atoms with E-state index in [1.165, 1.54) is 0 Å². The first-order chi connectivity index (χ1) is 8.61. The molecule has 1 aromatic rings. The molecule has 0 bridgehead atoms. The van der Waals surface area contributed by atoms with Crippen molar-refractivity contribution >= 4 is 39.1 Å². The number of likely N-dealkylation sites (N-methyl/N-ethyl adjacent to an activating group) is 1. The molecule has 1 aliphatic rings. The van der Waals surface area contributed by atoms with Crippen LogP contribution in [0.1, 0.15) is 0 Å². The standard InChI is InChI=1S/C12H14BrClN2O2/c1-15-11-6-18-5-8(11)12(17)16-10-3-2-7(13)4-9(10)14/h2-4,8,11,15H,5-6H2,1H3,(H,16,17). The second kappa shape index (κ2) is 6.02. The molecular formula is C12H14BrClN2O2. The molecule has 0 aromatic heterocycles. The fraction of sp³-hybridized carbons (Fsp3) is 0.417. The van der Waals surface area contributed by atoms with Gasteiger partial charge in [0, 0.05) is 10.5 Å². The third-order valence-electron chi connectivity index (χ3n) is 2.98. The number of hydrogen-bond acceptors (Lipinski definition) is 3. The van der Waals surface area contributed by atoms with Crippen LogP contribution in [0.5, 0.6) is 0 Å². The molecule has 0 radical (unpaired) electrons. The summed E-state index contributed by atoms with van der Waals surface area (Å²) < 4.78 is 6.18. The van der Waals surface area contributed by atoms with Gasteiger partial charge in [-0.15, -0.1) is 0 Å². The fourth-order valence-electron chi connectivity index (χ4n) is 1.91. The van der Waals surface area contributed by atoms with E-state index in [2.05, 4.69) is 26.6 Å². The number of halogens is 2. The molecule has 1 aromatic carbocycles. The van der Waals surface area contributed by atoms with Crippen molar-refractivity contribution < 1.29 is 9.53 Å². The van der Waals surface area contributed by atoms with E-state index in [4.69, 9.17) is 16.3 Å². The number of nitrogens with one attached hydrogen (secondary N) is 2. The van der Waals surface area contributed by atoms with Crippen molar-refractivity contribution in [2.24, 2.45) is 5.92 Å². The first-order valence-electron chi connectivity index (χ1n) is 5.62. The second-order valence-corrected chi connectivity index (χ2v) is 5.48. The second-order valence-electron chi connectivity index (χ2n) is 4.15. The molecule has 1 saturated heterocycles. The molecule has 0 aliphatic carbocycles. The van der Waals surface area contributed by atoms with Crippen molar-refractivity contribution in [2.45, 2.75) is 6.04 Å². The Hall–Kier alpha value is -0.620. The maximum atomic E-state index is 12.1. The Labute approximate surface area is 119 Å². The van der Waals surface area contributed by atoms with Gasteiger partial charge in [0.25, 0.3) is 0 Å². The number of anilines is 1. The molecule has 2 N–H and O–H groups in total. The number of hydrogen-bond donors (Lipinski definition) is 2. The SMILES string of the molecule is CNC1COCC1C(=O)Nc1ccc(Br)cc1Cl. The summed E-state index contributed by atoms with van der Waals surface area (Å²) in [5.74, 6) is -0.259. The molecule has 1 amide bonds. The Morgan fingerprint density at radius 1 is 1.50 bits per heavy atom. The van der Waals surface area contributed by atoms with E-state index >= 15 is 0 Å². The van der Waals surface area contributed by atoms with E-state index in [9.17, 15) is 4.79 Å². The quantitative estimate of drug-likeness (QED) is 0.892. The van der Waals surface area contributed by atoms with Crippen LogP contribution in [0.3, 0.4) is 0 Å². The van der Waals surface area contributed by atoms with Crippen molar-refractivity contribution in [1.29, 1.82) is 0 Å². The first kappa shape index (κ1) is 13.8. The smallest absolute Gasteiger partial charge is 0.231 e. The number of benzene rings is 1. The van der Waals surface area contributed by atoms with Crippen molar-refractivity contribution in [1.82, 2.24) is 5.32 Å². The highest BCUT2D eigenvalue weighted by Crippen LogP contribution is 2.26. The Morgan fingerprint density at radius 2 is 2.28 bits per heavy atom. The zero-order chi connectivity index (χ0) is 13.1. The molecule has 6 heteroatoms. The minimum absolute atomic E-state index is 0.0548. The minimum atomic E-state index is -0.185. The van der Waals surface area contributed by atoms with E-state index in [-0.39, 0.29) is 17.9 Å². The number of rotatable bonds is 3. The number of carbonyl (C=O) groups excluding carboxylic acids is 1. The zero-order valence-corrected chi connectivity index (χ0v) is 12.2. The first-order valence-corrected chi connectivity index (χ1v) is 6.80. The van der Waals surface area contributed by atoms with Crippen LogP contribution in [-0.2, 0) is 9.53 Å². The van der Waals surface area contributed by atoms with Gasteiger partial charge in [0.2, 0.25) is 5.91 Å². The van der Waals surface area contributed by atoms with Crippen LogP contribution in [0, 0.1) is 5.92 Å². The normalized spacial score (nSPS) is 23.1. The van der Waals surface area contributed by atoms with Gasteiger partial charge in [-0.3, -0.25) is 4.79 Å². The van der Waals surface area contributed by atoms with Gasteiger partial charge in [-0.25, -0.2) is 0 Å². The molecular weight excluding hydrogens is 320 g/mol. The summed E-state index contributed by atoms with van der Waals surface area (Å²) >= 11 is 9.38. The van der Waals surface area contributed by atoms with Gasteiger partial charge in [-0.1, -0.05) is 27.5 Å². The molecule has 2 rings (SSSR count). The van der Waals surface area contributed by atoms with Crippen molar-refractivity contribution in [3.05, 3.63) is 27.7 Å². The molecule has 4 nitrogen and oxygen atoms in total. The lowest BCUT2D eigenvalue weighted by atomic mass is 10.0. The summed E-state index contributed by atoms with van der Waals surface area (Å²) in [5, 5.41) is 6.42. The average Bonchev–Trinajstić information content (AvgIpc) is 2.81. The van der Waals surface area contributed by atoms with E-state index in [0.29, 0.717) is 23.9 Å². The van der Waals surface area contributed by atoms with E-state index in [1.54, 1.807) is 12.1 Å². The van der Waals surface area contributed by atoms with Crippen LogP contribution in [0.2, 0.25) is 5.02 Å². The zero-order valence-electron chi connectivity index (χ0n) is 9.87. The van der Waals surface area contributed by atoms with Gasteiger partial charge >= 0.3 is 0 Å². The Kier molecular flexibility index (Phi) is 4.61. The third-order valence-corrected chi connectivity index (χ3v) is 3.78. The van der Waals surface area contributed by atoms with Crippen LogP contribution in [-0.4, -0.2) is 32.2 Å². The van der Waals surface area contributed by atoms with E-state index in [1.807, 2.05) is 13.1 Å². The Bertz CT molecular complexity index is 456. The van der Waals surface area contributed by atoms with Crippen LogP contribution >= 0.6 is 27.5 Å². The molecule has 98 valence electrons. The molecule has 0 saturated carbocycles. The van der Waals surface area contributed by atoms with Gasteiger partial charge in [-0.05, 0) is 25.2 Å². The minimum Gasteiger partial charge on any atom is -0.379 e. The Balaban J connectivity index is 2.07. The predicted molar refractivity (Wildman–Crippen MR) is 74.9 cm³/mol. The Morgan fingerprint density at radius 3 is 2.94 bits per heavy atom. The summed E-state index contributed by atoms with van der Waals surface area (Å²) in [7, 11) is 1.83. The summed E-state index contributed by atoms with van der Waals surface area (Å²) in [4.78, 5) is 12.1. The molecule has 2 atom stereocenters. The maximum absolute atomic E-state index is 12.1. The monoisotopic (exact) mass is 332 g/mol. The summed E-state index contributed by atoms with van der Waals surface area (Å²) in [6.07, 6.45) is 0. The van der Waals surface area contributed by atoms with E-state index in [0.717, 1.165) is 4.47 Å². The van der Waals surface area contributed by atoms with Crippen molar-refractivity contribution in [3.63, 3.8) is 0 Å². The number of carbonyl (C=O) groups is 1. The molecule has 1 fully saturated rings. The fourth-order valence-corrected chi connectivity index (χ4v) is 2.63. The van der Waals surface area contributed by atoms with Gasteiger partial charge in [0.1, 0.15) is 0 Å². The van der Waals surface area contributed by atoms with Crippen LogP contribution in [0.25, 0.3) is 0 Å². The number of amides is 1. The summed E-state index contributed by atoms with van der Waals surface area (Å²) in [5.41, 5.74) is 0.617. The molecule has 18 heavy (non-hydrogen) atoms. The molecule has 1 aliphatic heterocycles. The average molecular weight is 334 g/mol. The largest absolute Gasteiger partial charge is 0.379 e. The molecule has 1 heterocycles. The van der Waals surface area contributed by atoms with Crippen molar-refractivity contribution in [3.8, 4) is 0 Å². The van der Waals surface area contributed by atoms with Crippen molar-refractivity contribution in [2.75, 3.05) is 25.6 Å².